The van der Waals surface area contributed by atoms with Crippen LogP contribution in [-0.2, 0) is 14.3 Å². The van der Waals surface area contributed by atoms with Crippen LogP contribution in [0.2, 0.25) is 0 Å². The summed E-state index contributed by atoms with van der Waals surface area (Å²) >= 11 is 0. The Morgan fingerprint density at radius 1 is 1.47 bits per heavy atom. The zero-order chi connectivity index (χ0) is 11.7. The first-order valence-corrected chi connectivity index (χ1v) is 4.54. The number of rotatable bonds is 6. The zero-order valence-electron chi connectivity index (χ0n) is 8.75. The van der Waals surface area contributed by atoms with Crippen molar-refractivity contribution >= 4 is 12.1 Å². The molecule has 5 nitrogen and oxygen atoms in total. The molecular formula is C10H15NO4. The fourth-order valence-corrected chi connectivity index (χ4v) is 0.620. The van der Waals surface area contributed by atoms with Gasteiger partial charge in [0.1, 0.15) is 0 Å². The van der Waals surface area contributed by atoms with E-state index in [1.807, 2.05) is 6.92 Å². The summed E-state index contributed by atoms with van der Waals surface area (Å²) in [6.45, 7) is 9.06. The van der Waals surface area contributed by atoms with E-state index >= 15 is 0 Å². The number of nitrogens with one attached hydrogen (secondary N) is 1. The third-order valence-corrected chi connectivity index (χ3v) is 1.27. The van der Waals surface area contributed by atoms with Crippen LogP contribution in [-0.4, -0.2) is 25.2 Å². The van der Waals surface area contributed by atoms with Crippen LogP contribution in [0.4, 0.5) is 4.79 Å². The summed E-state index contributed by atoms with van der Waals surface area (Å²) in [4.78, 5) is 22.0. The minimum atomic E-state index is -0.756. The molecule has 0 aliphatic rings. The van der Waals surface area contributed by atoms with Crippen molar-refractivity contribution in [3.05, 3.63) is 25.0 Å². The molecule has 0 spiro atoms. The fourth-order valence-electron chi connectivity index (χ4n) is 0.620. The van der Waals surface area contributed by atoms with E-state index in [4.69, 9.17) is 4.74 Å². The molecule has 0 aliphatic carbocycles. The van der Waals surface area contributed by atoms with Gasteiger partial charge >= 0.3 is 12.1 Å². The second kappa shape index (κ2) is 7.61. The van der Waals surface area contributed by atoms with Crippen LogP contribution >= 0.6 is 0 Å². The van der Waals surface area contributed by atoms with Gasteiger partial charge in [-0.2, -0.15) is 0 Å². The normalized spacial score (nSPS) is 8.87. The number of hydrogen-bond donors (Lipinski definition) is 1. The van der Waals surface area contributed by atoms with Gasteiger partial charge in [0.25, 0.3) is 0 Å². The van der Waals surface area contributed by atoms with E-state index < -0.39 is 12.1 Å². The first-order chi connectivity index (χ1) is 7.11. The van der Waals surface area contributed by atoms with Crippen molar-refractivity contribution in [3.8, 4) is 0 Å². The second-order valence-corrected chi connectivity index (χ2v) is 2.62. The summed E-state index contributed by atoms with van der Waals surface area (Å²) in [5.74, 6) is -1.06. The minimum absolute atomic E-state index is 0.260. The lowest BCUT2D eigenvalue weighted by atomic mass is 10.5. The number of esters is 1. The third-order valence-electron chi connectivity index (χ3n) is 1.27. The van der Waals surface area contributed by atoms with Crippen LogP contribution in [0.5, 0.6) is 0 Å². The summed E-state index contributed by atoms with van der Waals surface area (Å²) in [6.07, 6.45) is 1.43. The maximum absolute atomic E-state index is 11.1. The average Bonchev–Trinajstić information content (AvgIpc) is 2.22. The predicted octanol–water partition coefficient (Wildman–Crippen LogP) is 1.37. The molecule has 0 radical (unpaired) electrons. The SMILES string of the molecule is C=CCNC(=O)OC(=C)C(=O)OCCC. The lowest BCUT2D eigenvalue weighted by molar-refractivity contribution is -0.142. The van der Waals surface area contributed by atoms with Crippen LogP contribution in [0.1, 0.15) is 13.3 Å². The van der Waals surface area contributed by atoms with E-state index in [9.17, 15) is 9.59 Å². The van der Waals surface area contributed by atoms with Crippen LogP contribution in [0.3, 0.4) is 0 Å². The molecular weight excluding hydrogens is 198 g/mol. The van der Waals surface area contributed by atoms with Gasteiger partial charge in [-0.15, -0.1) is 6.58 Å². The molecule has 0 aromatic rings. The number of amides is 1. The standard InChI is InChI=1S/C10H15NO4/c1-4-6-11-10(13)15-8(3)9(12)14-7-5-2/h4H,1,3,5-7H2,2H3,(H,11,13). The van der Waals surface area contributed by atoms with Crippen LogP contribution in [0.15, 0.2) is 25.0 Å². The summed E-state index contributed by atoms with van der Waals surface area (Å²) < 4.78 is 9.24. The molecule has 0 unspecified atom stereocenters. The molecule has 0 saturated heterocycles. The van der Waals surface area contributed by atoms with Crippen molar-refractivity contribution in [2.24, 2.45) is 0 Å². The van der Waals surface area contributed by atoms with E-state index in [0.29, 0.717) is 6.42 Å². The van der Waals surface area contributed by atoms with E-state index in [1.54, 1.807) is 0 Å². The lowest BCUT2D eigenvalue weighted by Crippen LogP contribution is -2.25. The topological polar surface area (TPSA) is 64.6 Å². The van der Waals surface area contributed by atoms with Gasteiger partial charge < -0.3 is 14.8 Å². The Kier molecular flexibility index (Phi) is 6.70. The molecule has 84 valence electrons. The monoisotopic (exact) mass is 213 g/mol. The summed E-state index contributed by atoms with van der Waals surface area (Å²) in [5.41, 5.74) is 0. The van der Waals surface area contributed by atoms with Crippen molar-refractivity contribution in [1.82, 2.24) is 5.32 Å². The second-order valence-electron chi connectivity index (χ2n) is 2.62. The zero-order valence-corrected chi connectivity index (χ0v) is 8.75. The van der Waals surface area contributed by atoms with Crippen molar-refractivity contribution < 1.29 is 19.1 Å². The van der Waals surface area contributed by atoms with Gasteiger partial charge in [-0.05, 0) is 13.0 Å². The smallest absolute Gasteiger partial charge is 0.413 e. The lowest BCUT2D eigenvalue weighted by Gasteiger charge is -2.06. The molecule has 0 aliphatic heterocycles. The average molecular weight is 213 g/mol. The molecule has 0 bridgehead atoms. The van der Waals surface area contributed by atoms with Crippen LogP contribution in [0.25, 0.3) is 0 Å². The molecule has 0 aromatic heterocycles. The molecule has 0 saturated carbocycles. The summed E-state index contributed by atoms with van der Waals surface area (Å²) in [5, 5.41) is 2.33. The van der Waals surface area contributed by atoms with Gasteiger partial charge in [-0.3, -0.25) is 0 Å². The number of ether oxygens (including phenoxy) is 2. The van der Waals surface area contributed by atoms with E-state index in [-0.39, 0.29) is 18.9 Å². The number of carbonyl (C=O) groups is 2. The summed E-state index contributed by atoms with van der Waals surface area (Å²) in [7, 11) is 0. The highest BCUT2D eigenvalue weighted by molar-refractivity contribution is 5.88. The quantitative estimate of drug-likeness (QED) is 0.313. The molecule has 1 amide bonds. The van der Waals surface area contributed by atoms with Crippen molar-refractivity contribution in [3.63, 3.8) is 0 Å². The maximum Gasteiger partial charge on any atom is 0.413 e. The highest BCUT2D eigenvalue weighted by atomic mass is 16.6. The van der Waals surface area contributed by atoms with Crippen LogP contribution in [0, 0.1) is 0 Å². The third kappa shape index (κ3) is 6.31. The fraction of sp³-hybridized carbons (Fsp3) is 0.400. The van der Waals surface area contributed by atoms with Crippen molar-refractivity contribution in [2.45, 2.75) is 13.3 Å². The highest BCUT2D eigenvalue weighted by Crippen LogP contribution is 1.98. The van der Waals surface area contributed by atoms with Gasteiger partial charge in [0.15, 0.2) is 0 Å². The van der Waals surface area contributed by atoms with Gasteiger partial charge in [-0.25, -0.2) is 9.59 Å². The van der Waals surface area contributed by atoms with E-state index in [1.165, 1.54) is 6.08 Å². The number of alkyl carbamates (subject to hydrolysis) is 1. The summed E-state index contributed by atoms with van der Waals surface area (Å²) in [6, 6.07) is 0. The molecule has 0 rings (SSSR count). The Balaban J connectivity index is 3.85. The van der Waals surface area contributed by atoms with Gasteiger partial charge in [0.2, 0.25) is 5.76 Å². The molecule has 0 aromatic carbocycles. The Morgan fingerprint density at radius 3 is 2.67 bits per heavy atom. The van der Waals surface area contributed by atoms with Gasteiger partial charge in [0, 0.05) is 6.54 Å². The molecule has 15 heavy (non-hydrogen) atoms. The number of hydrogen-bond acceptors (Lipinski definition) is 4. The Hall–Kier alpha value is -1.78. The first kappa shape index (κ1) is 13.2. The molecule has 1 N–H and O–H groups in total. The Morgan fingerprint density at radius 2 is 2.13 bits per heavy atom. The molecule has 0 atom stereocenters. The Bertz CT molecular complexity index is 260. The van der Waals surface area contributed by atoms with Crippen LogP contribution < -0.4 is 5.32 Å². The van der Waals surface area contributed by atoms with Gasteiger partial charge in [-0.1, -0.05) is 13.0 Å². The highest BCUT2D eigenvalue weighted by Gasteiger charge is 2.13. The largest absolute Gasteiger partial charge is 0.460 e. The van der Waals surface area contributed by atoms with Crippen molar-refractivity contribution in [2.75, 3.05) is 13.2 Å². The Labute approximate surface area is 88.7 Å². The maximum atomic E-state index is 11.1. The van der Waals surface area contributed by atoms with Gasteiger partial charge in [0.05, 0.1) is 6.61 Å². The minimum Gasteiger partial charge on any atom is -0.460 e. The van der Waals surface area contributed by atoms with Crippen molar-refractivity contribution in [1.29, 1.82) is 0 Å². The van der Waals surface area contributed by atoms with E-state index in [2.05, 4.69) is 23.2 Å². The molecule has 0 fully saturated rings. The molecule has 5 heteroatoms. The molecule has 0 heterocycles. The first-order valence-electron chi connectivity index (χ1n) is 4.54. The number of carbonyl (C=O) groups excluding carboxylic acids is 2. The predicted molar refractivity (Wildman–Crippen MR) is 55.1 cm³/mol. The van der Waals surface area contributed by atoms with E-state index in [0.717, 1.165) is 0 Å².